The first-order chi connectivity index (χ1) is 12.6. The van der Waals surface area contributed by atoms with Gasteiger partial charge in [0.05, 0.1) is 6.04 Å². The second-order valence-electron chi connectivity index (χ2n) is 8.20. The third kappa shape index (κ3) is 4.44. The van der Waals surface area contributed by atoms with Crippen molar-refractivity contribution in [3.8, 4) is 11.5 Å². The zero-order chi connectivity index (χ0) is 19.8. The van der Waals surface area contributed by atoms with E-state index in [2.05, 4.69) is 11.4 Å². The lowest BCUT2D eigenvalue weighted by Gasteiger charge is -2.38. The molecule has 0 saturated heterocycles. The van der Waals surface area contributed by atoms with Crippen LogP contribution in [0.5, 0.6) is 11.5 Å². The molecule has 1 heterocycles. The fourth-order valence-electron chi connectivity index (χ4n) is 3.47. The minimum Gasteiger partial charge on any atom is -0.487 e. The van der Waals surface area contributed by atoms with E-state index in [1.165, 1.54) is 0 Å². The highest BCUT2D eigenvalue weighted by Gasteiger charge is 2.35. The van der Waals surface area contributed by atoms with Crippen LogP contribution in [0, 0.1) is 20.8 Å². The van der Waals surface area contributed by atoms with Gasteiger partial charge in [0.1, 0.15) is 17.1 Å². The zero-order valence-corrected chi connectivity index (χ0v) is 17.1. The second-order valence-corrected chi connectivity index (χ2v) is 8.20. The largest absolute Gasteiger partial charge is 0.487 e. The summed E-state index contributed by atoms with van der Waals surface area (Å²) in [5.74, 6) is 1.47. The molecule has 0 aliphatic carbocycles. The van der Waals surface area contributed by atoms with Gasteiger partial charge < -0.3 is 14.8 Å². The van der Waals surface area contributed by atoms with E-state index in [1.807, 2.05) is 65.0 Å². The van der Waals surface area contributed by atoms with Gasteiger partial charge >= 0.3 is 0 Å². The number of fused-ring (bicyclic) bond motifs is 1. The van der Waals surface area contributed by atoms with Crippen molar-refractivity contribution in [2.45, 2.75) is 65.7 Å². The summed E-state index contributed by atoms with van der Waals surface area (Å²) in [5.41, 5.74) is 3.97. The fourth-order valence-corrected chi connectivity index (χ4v) is 3.47. The summed E-state index contributed by atoms with van der Waals surface area (Å²) in [6.45, 7) is 11.9. The van der Waals surface area contributed by atoms with E-state index in [4.69, 9.17) is 9.47 Å². The van der Waals surface area contributed by atoms with Gasteiger partial charge in [0, 0.05) is 12.0 Å². The van der Waals surface area contributed by atoms with Crippen molar-refractivity contribution in [1.82, 2.24) is 5.32 Å². The average molecular weight is 367 g/mol. The number of hydrogen-bond donors (Lipinski definition) is 1. The van der Waals surface area contributed by atoms with E-state index < -0.39 is 6.10 Å². The molecule has 0 radical (unpaired) electrons. The standard InChI is InChI=1S/C23H29NO3/c1-14-8-10-20-18(11-14)19(13-23(5,6)27-20)24-22(25)17(4)26-21-12-15(2)7-9-16(21)3/h7-12,17,19H,13H2,1-6H3,(H,24,25)/t17-,19+/m1/s1. The summed E-state index contributed by atoms with van der Waals surface area (Å²) in [6, 6.07) is 12.0. The molecule has 0 saturated carbocycles. The number of benzene rings is 2. The van der Waals surface area contributed by atoms with Crippen LogP contribution in [0.3, 0.4) is 0 Å². The molecule has 0 unspecified atom stereocenters. The van der Waals surface area contributed by atoms with E-state index in [0.29, 0.717) is 6.42 Å². The maximum atomic E-state index is 12.8. The van der Waals surface area contributed by atoms with Crippen LogP contribution < -0.4 is 14.8 Å². The minimum atomic E-state index is -0.579. The van der Waals surface area contributed by atoms with Crippen LogP contribution in [0.4, 0.5) is 0 Å². The topological polar surface area (TPSA) is 47.6 Å². The number of amides is 1. The summed E-state index contributed by atoms with van der Waals surface area (Å²) in [5, 5.41) is 3.17. The highest BCUT2D eigenvalue weighted by atomic mass is 16.5. The Hall–Kier alpha value is -2.49. The van der Waals surface area contributed by atoms with Crippen molar-refractivity contribution < 1.29 is 14.3 Å². The van der Waals surface area contributed by atoms with Crippen molar-refractivity contribution in [1.29, 1.82) is 0 Å². The van der Waals surface area contributed by atoms with Crippen molar-refractivity contribution in [3.63, 3.8) is 0 Å². The summed E-state index contributed by atoms with van der Waals surface area (Å²) >= 11 is 0. The maximum Gasteiger partial charge on any atom is 0.261 e. The fraction of sp³-hybridized carbons (Fsp3) is 0.435. The van der Waals surface area contributed by atoms with Gasteiger partial charge in [-0.1, -0.05) is 29.8 Å². The van der Waals surface area contributed by atoms with E-state index in [0.717, 1.165) is 33.8 Å². The number of carbonyl (C=O) groups is 1. The molecule has 144 valence electrons. The Bertz CT molecular complexity index is 857. The number of ether oxygens (including phenoxy) is 2. The quantitative estimate of drug-likeness (QED) is 0.844. The summed E-state index contributed by atoms with van der Waals surface area (Å²) in [4.78, 5) is 12.8. The molecule has 4 nitrogen and oxygen atoms in total. The Morgan fingerprint density at radius 3 is 2.56 bits per heavy atom. The van der Waals surface area contributed by atoms with Gasteiger partial charge in [-0.15, -0.1) is 0 Å². The van der Waals surface area contributed by atoms with Gasteiger partial charge in [0.15, 0.2) is 6.10 Å². The molecule has 3 rings (SSSR count). The SMILES string of the molecule is Cc1ccc(C)c(O[C@H](C)C(=O)N[C@H]2CC(C)(C)Oc3ccc(C)cc32)c1. The Morgan fingerprint density at radius 2 is 1.81 bits per heavy atom. The van der Waals surface area contributed by atoms with E-state index in [-0.39, 0.29) is 17.6 Å². The lowest BCUT2D eigenvalue weighted by molar-refractivity contribution is -0.128. The summed E-state index contributed by atoms with van der Waals surface area (Å²) in [7, 11) is 0. The molecular weight excluding hydrogens is 338 g/mol. The Kier molecular flexibility index (Phi) is 5.18. The normalized spacial score (nSPS) is 18.8. The molecule has 1 N–H and O–H groups in total. The van der Waals surface area contributed by atoms with Crippen LogP contribution in [0.2, 0.25) is 0 Å². The molecule has 1 aliphatic rings. The van der Waals surface area contributed by atoms with Crippen molar-refractivity contribution in [2.24, 2.45) is 0 Å². The smallest absolute Gasteiger partial charge is 0.261 e. The van der Waals surface area contributed by atoms with Gasteiger partial charge in [0.2, 0.25) is 0 Å². The molecule has 4 heteroatoms. The third-order valence-electron chi connectivity index (χ3n) is 4.96. The highest BCUT2D eigenvalue weighted by Crippen LogP contribution is 2.40. The molecule has 0 bridgehead atoms. The summed E-state index contributed by atoms with van der Waals surface area (Å²) < 4.78 is 12.0. The molecule has 0 fully saturated rings. The Labute approximate surface area is 161 Å². The molecule has 1 aliphatic heterocycles. The average Bonchev–Trinajstić information content (AvgIpc) is 2.58. The van der Waals surface area contributed by atoms with Crippen molar-refractivity contribution >= 4 is 5.91 Å². The zero-order valence-electron chi connectivity index (χ0n) is 17.1. The molecular formula is C23H29NO3. The van der Waals surface area contributed by atoms with Gasteiger partial charge in [-0.05, 0) is 64.8 Å². The van der Waals surface area contributed by atoms with Crippen LogP contribution in [-0.2, 0) is 4.79 Å². The second kappa shape index (κ2) is 7.26. The lowest BCUT2D eigenvalue weighted by atomic mass is 9.89. The number of aryl methyl sites for hydroxylation is 3. The highest BCUT2D eigenvalue weighted by molar-refractivity contribution is 5.81. The molecule has 2 aromatic carbocycles. The van der Waals surface area contributed by atoms with Crippen LogP contribution >= 0.6 is 0 Å². The number of hydrogen-bond acceptors (Lipinski definition) is 3. The predicted molar refractivity (Wildman–Crippen MR) is 107 cm³/mol. The van der Waals surface area contributed by atoms with Crippen molar-refractivity contribution in [2.75, 3.05) is 0 Å². The molecule has 27 heavy (non-hydrogen) atoms. The van der Waals surface area contributed by atoms with Gasteiger partial charge in [-0.3, -0.25) is 4.79 Å². The van der Waals surface area contributed by atoms with Crippen LogP contribution in [0.25, 0.3) is 0 Å². The Balaban J connectivity index is 1.77. The first-order valence-electron chi connectivity index (χ1n) is 9.48. The van der Waals surface area contributed by atoms with Gasteiger partial charge in [-0.25, -0.2) is 0 Å². The van der Waals surface area contributed by atoms with Crippen LogP contribution in [0.1, 0.15) is 55.5 Å². The number of rotatable bonds is 4. The van der Waals surface area contributed by atoms with Crippen LogP contribution in [-0.4, -0.2) is 17.6 Å². The molecule has 0 spiro atoms. The monoisotopic (exact) mass is 367 g/mol. The molecule has 2 aromatic rings. The van der Waals surface area contributed by atoms with E-state index in [9.17, 15) is 4.79 Å². The third-order valence-corrected chi connectivity index (χ3v) is 4.96. The van der Waals surface area contributed by atoms with E-state index >= 15 is 0 Å². The van der Waals surface area contributed by atoms with Gasteiger partial charge in [-0.2, -0.15) is 0 Å². The lowest BCUT2D eigenvalue weighted by Crippen LogP contribution is -2.44. The van der Waals surface area contributed by atoms with E-state index in [1.54, 1.807) is 6.92 Å². The molecule has 0 aromatic heterocycles. The minimum absolute atomic E-state index is 0.0965. The molecule has 1 amide bonds. The van der Waals surface area contributed by atoms with Crippen molar-refractivity contribution in [3.05, 3.63) is 58.7 Å². The first-order valence-corrected chi connectivity index (χ1v) is 9.48. The summed E-state index contributed by atoms with van der Waals surface area (Å²) in [6.07, 6.45) is 0.135. The number of nitrogens with one attached hydrogen (secondary N) is 1. The van der Waals surface area contributed by atoms with Crippen LogP contribution in [0.15, 0.2) is 36.4 Å². The maximum absolute atomic E-state index is 12.8. The predicted octanol–water partition coefficient (Wildman–Crippen LogP) is 4.80. The van der Waals surface area contributed by atoms with Gasteiger partial charge in [0.25, 0.3) is 5.91 Å². The molecule has 2 atom stereocenters. The first kappa shape index (κ1) is 19.3. The Morgan fingerprint density at radius 1 is 1.15 bits per heavy atom. The number of carbonyl (C=O) groups excluding carboxylic acids is 1.